The van der Waals surface area contributed by atoms with E-state index < -0.39 is 60.9 Å². The van der Waals surface area contributed by atoms with E-state index in [0.29, 0.717) is 30.2 Å². The molecule has 14 heteroatoms. The molecule has 3 aromatic heterocycles. The molecule has 0 radical (unpaired) electrons. The van der Waals surface area contributed by atoms with Gasteiger partial charge in [0.2, 0.25) is 0 Å². The van der Waals surface area contributed by atoms with E-state index in [4.69, 9.17) is 0 Å². The molecule has 3 heterocycles. The van der Waals surface area contributed by atoms with Crippen LogP contribution in [0.4, 0.5) is 27.8 Å². The molecule has 5 rings (SSSR count). The van der Waals surface area contributed by atoms with Crippen molar-refractivity contribution in [1.29, 1.82) is 0 Å². The SMILES string of the molecule is O=S(=O)(Nc1ncc(F)c(-c2ccc3c(-c4ncc[nH]4)n[nH]c3c2F)c1F)c1cc(F)ccc1F. The summed E-state index contributed by atoms with van der Waals surface area (Å²) in [7, 11) is -4.88. The second kappa shape index (κ2) is 8.16. The molecule has 0 spiro atoms. The van der Waals surface area contributed by atoms with Crippen molar-refractivity contribution >= 4 is 26.7 Å². The first kappa shape index (κ1) is 22.5. The third kappa shape index (κ3) is 3.77. The Morgan fingerprint density at radius 3 is 2.46 bits per heavy atom. The standard InChI is InChI=1S/C21H11F5N6O2S/c22-9-1-4-12(23)14(7-9)35(33,34)32-20-17(26)15(13(24)8-29-20)10-2-3-11-18(16(10)25)30-31-19(11)21-27-5-6-28-21/h1-8H,(H,27,28)(H,29,32)(H,30,31). The Kier molecular flexibility index (Phi) is 5.24. The Morgan fingerprint density at radius 1 is 0.914 bits per heavy atom. The second-order valence-corrected chi connectivity index (χ2v) is 8.83. The van der Waals surface area contributed by atoms with Gasteiger partial charge in [-0.05, 0) is 24.3 Å². The molecule has 0 atom stereocenters. The number of nitrogens with one attached hydrogen (secondary N) is 3. The summed E-state index contributed by atoms with van der Waals surface area (Å²) < 4.78 is 99.2. The highest BCUT2D eigenvalue weighted by atomic mass is 32.2. The van der Waals surface area contributed by atoms with Gasteiger partial charge in [-0.3, -0.25) is 9.82 Å². The summed E-state index contributed by atoms with van der Waals surface area (Å²) in [6, 6.07) is 4.05. The summed E-state index contributed by atoms with van der Waals surface area (Å²) >= 11 is 0. The molecule has 0 saturated heterocycles. The number of aromatic nitrogens is 5. The Hall–Kier alpha value is -4.33. The van der Waals surface area contributed by atoms with Gasteiger partial charge in [0.25, 0.3) is 10.0 Å². The highest BCUT2D eigenvalue weighted by Crippen LogP contribution is 2.36. The van der Waals surface area contributed by atoms with Gasteiger partial charge in [0.15, 0.2) is 29.1 Å². The zero-order chi connectivity index (χ0) is 24.9. The number of pyridine rings is 1. The second-order valence-electron chi connectivity index (χ2n) is 7.18. The summed E-state index contributed by atoms with van der Waals surface area (Å²) in [5, 5.41) is 6.68. The van der Waals surface area contributed by atoms with Crippen molar-refractivity contribution in [2.24, 2.45) is 0 Å². The van der Waals surface area contributed by atoms with Gasteiger partial charge in [0.1, 0.15) is 27.7 Å². The van der Waals surface area contributed by atoms with Gasteiger partial charge in [-0.25, -0.2) is 40.3 Å². The van der Waals surface area contributed by atoms with Gasteiger partial charge in [0, 0.05) is 23.3 Å². The highest BCUT2D eigenvalue weighted by molar-refractivity contribution is 7.92. The third-order valence-corrected chi connectivity index (χ3v) is 6.41. The monoisotopic (exact) mass is 506 g/mol. The van der Waals surface area contributed by atoms with Crippen LogP contribution in [-0.2, 0) is 10.0 Å². The minimum absolute atomic E-state index is 0.187. The van der Waals surface area contributed by atoms with Crippen LogP contribution in [0.3, 0.4) is 0 Å². The first-order valence-electron chi connectivity index (χ1n) is 9.66. The van der Waals surface area contributed by atoms with Gasteiger partial charge < -0.3 is 4.98 Å². The van der Waals surface area contributed by atoms with Crippen molar-refractivity contribution in [3.8, 4) is 22.6 Å². The molecule has 178 valence electrons. The Balaban J connectivity index is 1.60. The van der Waals surface area contributed by atoms with Crippen LogP contribution < -0.4 is 4.72 Å². The number of anilines is 1. The molecule has 0 unspecified atom stereocenters. The lowest BCUT2D eigenvalue weighted by molar-refractivity contribution is 0.554. The van der Waals surface area contributed by atoms with Crippen molar-refractivity contribution in [2.45, 2.75) is 4.90 Å². The molecular formula is C21H11F5N6O2S. The zero-order valence-corrected chi connectivity index (χ0v) is 17.9. The molecule has 0 aliphatic heterocycles. The van der Waals surface area contributed by atoms with Crippen LogP contribution in [0.25, 0.3) is 33.5 Å². The van der Waals surface area contributed by atoms with E-state index >= 15 is 8.78 Å². The number of imidazole rings is 1. The molecule has 0 fully saturated rings. The van der Waals surface area contributed by atoms with Crippen LogP contribution >= 0.6 is 0 Å². The minimum atomic E-state index is -4.88. The number of fused-ring (bicyclic) bond motifs is 1. The van der Waals surface area contributed by atoms with Gasteiger partial charge in [-0.1, -0.05) is 6.07 Å². The number of halogens is 5. The lowest BCUT2D eigenvalue weighted by atomic mass is 10.0. The molecular weight excluding hydrogens is 495 g/mol. The number of rotatable bonds is 5. The molecule has 0 amide bonds. The number of sulfonamides is 1. The summed E-state index contributed by atoms with van der Waals surface area (Å²) in [6.07, 6.45) is 3.45. The normalized spacial score (nSPS) is 11.8. The zero-order valence-electron chi connectivity index (χ0n) is 17.1. The Morgan fingerprint density at radius 2 is 1.71 bits per heavy atom. The molecule has 35 heavy (non-hydrogen) atoms. The molecule has 0 aliphatic carbocycles. The fourth-order valence-corrected chi connectivity index (χ4v) is 4.57. The largest absolute Gasteiger partial charge is 0.343 e. The fraction of sp³-hybridized carbons (Fsp3) is 0. The average molecular weight is 506 g/mol. The summed E-state index contributed by atoms with van der Waals surface area (Å²) in [4.78, 5) is 9.05. The number of aromatic amines is 2. The highest BCUT2D eigenvalue weighted by Gasteiger charge is 2.27. The van der Waals surface area contributed by atoms with Gasteiger partial charge >= 0.3 is 0 Å². The van der Waals surface area contributed by atoms with E-state index in [9.17, 15) is 21.6 Å². The molecule has 8 nitrogen and oxygen atoms in total. The molecule has 0 saturated carbocycles. The molecule has 0 aliphatic rings. The number of hydrogen-bond donors (Lipinski definition) is 3. The molecule has 3 N–H and O–H groups in total. The van der Waals surface area contributed by atoms with Crippen LogP contribution in [-0.4, -0.2) is 33.6 Å². The van der Waals surface area contributed by atoms with E-state index in [2.05, 4.69) is 25.1 Å². The van der Waals surface area contributed by atoms with E-state index in [0.717, 1.165) is 6.07 Å². The maximum atomic E-state index is 15.3. The van der Waals surface area contributed by atoms with Crippen LogP contribution in [0, 0.1) is 29.1 Å². The number of nitrogens with zero attached hydrogens (tertiary/aromatic N) is 3. The van der Waals surface area contributed by atoms with E-state index in [1.165, 1.54) is 18.5 Å². The summed E-state index contributed by atoms with van der Waals surface area (Å²) in [6.45, 7) is 0. The van der Waals surface area contributed by atoms with Gasteiger partial charge in [0.05, 0.1) is 11.8 Å². The number of hydrogen-bond acceptors (Lipinski definition) is 5. The molecule has 2 aromatic carbocycles. The first-order valence-corrected chi connectivity index (χ1v) is 11.1. The minimum Gasteiger partial charge on any atom is -0.343 e. The topological polar surface area (TPSA) is 116 Å². The van der Waals surface area contributed by atoms with E-state index in [-0.39, 0.29) is 16.6 Å². The van der Waals surface area contributed by atoms with E-state index in [1.807, 2.05) is 0 Å². The predicted molar refractivity (Wildman–Crippen MR) is 114 cm³/mol. The molecule has 0 bridgehead atoms. The summed E-state index contributed by atoms with van der Waals surface area (Å²) in [5.41, 5.74) is -1.43. The van der Waals surface area contributed by atoms with Crippen LogP contribution in [0.5, 0.6) is 0 Å². The average Bonchev–Trinajstić information content (AvgIpc) is 3.49. The lowest BCUT2D eigenvalue weighted by Crippen LogP contribution is -2.17. The third-order valence-electron chi connectivity index (χ3n) is 5.06. The smallest absolute Gasteiger partial charge is 0.266 e. The van der Waals surface area contributed by atoms with Crippen molar-refractivity contribution in [3.05, 3.63) is 78.0 Å². The van der Waals surface area contributed by atoms with Crippen molar-refractivity contribution < 1.29 is 30.4 Å². The number of benzene rings is 2. The van der Waals surface area contributed by atoms with E-state index in [1.54, 1.807) is 4.72 Å². The van der Waals surface area contributed by atoms with Gasteiger partial charge in [-0.15, -0.1) is 0 Å². The Labute approximate surface area is 192 Å². The van der Waals surface area contributed by atoms with Gasteiger partial charge in [-0.2, -0.15) is 5.10 Å². The molecule has 5 aromatic rings. The van der Waals surface area contributed by atoms with Crippen LogP contribution in [0.2, 0.25) is 0 Å². The summed E-state index contributed by atoms with van der Waals surface area (Å²) in [5.74, 6) is -7.06. The number of H-pyrrole nitrogens is 2. The van der Waals surface area contributed by atoms with Crippen LogP contribution in [0.15, 0.2) is 53.8 Å². The Bertz CT molecular complexity index is 1700. The first-order chi connectivity index (χ1) is 16.7. The predicted octanol–water partition coefficient (Wildman–Crippen LogP) is 4.51. The quantitative estimate of drug-likeness (QED) is 0.303. The maximum Gasteiger partial charge on any atom is 0.266 e. The van der Waals surface area contributed by atoms with Crippen molar-refractivity contribution in [3.63, 3.8) is 0 Å². The van der Waals surface area contributed by atoms with Crippen LogP contribution in [0.1, 0.15) is 0 Å². The maximum absolute atomic E-state index is 15.3. The lowest BCUT2D eigenvalue weighted by Gasteiger charge is -2.13. The van der Waals surface area contributed by atoms with Crippen molar-refractivity contribution in [1.82, 2.24) is 25.1 Å². The fourth-order valence-electron chi connectivity index (χ4n) is 3.47. The van der Waals surface area contributed by atoms with Crippen molar-refractivity contribution in [2.75, 3.05) is 4.72 Å².